The van der Waals surface area contributed by atoms with Crippen molar-refractivity contribution < 1.29 is 23.9 Å². The fraction of sp³-hybridized carbons (Fsp3) is 0.417. The molecule has 0 bridgehead atoms. The summed E-state index contributed by atoms with van der Waals surface area (Å²) in [5.41, 5.74) is 0.0769. The Labute approximate surface area is 194 Å². The molecule has 9 nitrogen and oxygen atoms in total. The van der Waals surface area contributed by atoms with E-state index in [1.807, 2.05) is 20.8 Å². The topological polar surface area (TPSA) is 127 Å². The smallest absolute Gasteiger partial charge is 0.379 e. The molecule has 0 atom stereocenters. The van der Waals surface area contributed by atoms with Crippen molar-refractivity contribution in [1.82, 2.24) is 9.97 Å². The van der Waals surface area contributed by atoms with E-state index in [0.29, 0.717) is 0 Å². The second kappa shape index (κ2) is 11.8. The average Bonchev–Trinajstić information content (AvgIpc) is 2.73. The van der Waals surface area contributed by atoms with Crippen molar-refractivity contribution in [2.75, 3.05) is 17.2 Å². The summed E-state index contributed by atoms with van der Waals surface area (Å²) in [6.07, 6.45) is 5.97. The first-order valence-electron chi connectivity index (χ1n) is 10.5. The van der Waals surface area contributed by atoms with Crippen molar-refractivity contribution in [3.63, 3.8) is 0 Å². The second-order valence-electron chi connectivity index (χ2n) is 9.11. The van der Waals surface area contributed by atoms with Crippen LogP contribution in [0.25, 0.3) is 0 Å². The van der Waals surface area contributed by atoms with Gasteiger partial charge in [0.15, 0.2) is 0 Å². The Morgan fingerprint density at radius 3 is 1.85 bits per heavy atom. The zero-order chi connectivity index (χ0) is 25.2. The maximum atomic E-state index is 11.9. The zero-order valence-corrected chi connectivity index (χ0v) is 20.2. The molecule has 0 aliphatic rings. The molecule has 0 unspecified atom stereocenters. The molecule has 2 rings (SSSR count). The molecule has 0 radical (unpaired) electrons. The third-order valence-electron chi connectivity index (χ3n) is 4.08. The number of nitrogens with zero attached hydrogens (tertiary/aromatic N) is 2. The Kier molecular flexibility index (Phi) is 9.84. The van der Waals surface area contributed by atoms with Crippen LogP contribution in [-0.2, 0) is 19.1 Å². The third kappa shape index (κ3) is 9.18. The molecule has 2 N–H and O–H groups in total. The highest BCUT2D eigenvalue weighted by molar-refractivity contribution is 6.42. The van der Waals surface area contributed by atoms with Gasteiger partial charge < -0.3 is 15.4 Å². The molecule has 9 heteroatoms. The largest absolute Gasteiger partial charge is 0.460 e. The Hall–Kier alpha value is -3.62. The molecule has 2 heterocycles. The zero-order valence-electron chi connectivity index (χ0n) is 20.2. The van der Waals surface area contributed by atoms with Crippen LogP contribution in [0.2, 0.25) is 0 Å². The van der Waals surface area contributed by atoms with Crippen molar-refractivity contribution in [3.05, 3.63) is 48.5 Å². The highest BCUT2D eigenvalue weighted by Crippen LogP contribution is 2.20. The number of carbonyl (C=O) groups is 4. The standard InChI is InChI=1S/C14H18N2O4.C10H14N2O/c1-5-20-12(18)11(17)9-8-15-7-6-10(9)16-13(19)14(2,3)4;1-10(2,3)9(13)12-8-4-6-11-7-5-8/h6-8H,5H2,1-4H3,(H,15,16,19);4-7H,1-3H3,(H,11,12,13). The Bertz CT molecular complexity index is 976. The van der Waals surface area contributed by atoms with Crippen molar-refractivity contribution in [1.29, 1.82) is 0 Å². The number of nitrogens with one attached hydrogen (secondary N) is 2. The van der Waals surface area contributed by atoms with Crippen LogP contribution in [0.15, 0.2) is 43.0 Å². The van der Waals surface area contributed by atoms with Gasteiger partial charge in [-0.1, -0.05) is 41.5 Å². The van der Waals surface area contributed by atoms with Crippen molar-refractivity contribution >= 4 is 34.9 Å². The third-order valence-corrected chi connectivity index (χ3v) is 4.08. The van der Waals surface area contributed by atoms with Crippen LogP contribution in [-0.4, -0.2) is 40.1 Å². The van der Waals surface area contributed by atoms with Crippen molar-refractivity contribution in [2.24, 2.45) is 10.8 Å². The lowest BCUT2D eigenvalue weighted by Crippen LogP contribution is -2.29. The maximum Gasteiger partial charge on any atom is 0.379 e. The summed E-state index contributed by atoms with van der Waals surface area (Å²) >= 11 is 0. The Balaban J connectivity index is 0.000000361. The number of amides is 2. The number of esters is 1. The van der Waals surface area contributed by atoms with Gasteiger partial charge in [-0.3, -0.25) is 24.4 Å². The van der Waals surface area contributed by atoms with Gasteiger partial charge in [0.25, 0.3) is 5.78 Å². The first-order valence-corrected chi connectivity index (χ1v) is 10.5. The number of pyridine rings is 2. The van der Waals surface area contributed by atoms with Crippen LogP contribution >= 0.6 is 0 Å². The van der Waals surface area contributed by atoms with Gasteiger partial charge in [-0.05, 0) is 25.1 Å². The van der Waals surface area contributed by atoms with Crippen LogP contribution in [0, 0.1) is 10.8 Å². The minimum Gasteiger partial charge on any atom is -0.460 e. The van der Waals surface area contributed by atoms with Gasteiger partial charge in [0.2, 0.25) is 11.8 Å². The molecule has 0 aliphatic carbocycles. The molecule has 0 spiro atoms. The lowest BCUT2D eigenvalue weighted by atomic mass is 9.95. The molecule has 178 valence electrons. The fourth-order valence-electron chi connectivity index (χ4n) is 2.05. The second-order valence-corrected chi connectivity index (χ2v) is 9.11. The molecule has 0 aliphatic heterocycles. The van der Waals surface area contributed by atoms with Gasteiger partial charge in [-0.15, -0.1) is 0 Å². The molecular weight excluding hydrogens is 424 g/mol. The molecule has 2 aromatic rings. The number of anilines is 2. The summed E-state index contributed by atoms with van der Waals surface area (Å²) < 4.78 is 4.66. The number of ketones is 1. The summed E-state index contributed by atoms with van der Waals surface area (Å²) in [5.74, 6) is -2.05. The molecule has 0 saturated carbocycles. The minimum atomic E-state index is -0.966. The number of ether oxygens (including phenoxy) is 1. The van der Waals surface area contributed by atoms with E-state index in [0.717, 1.165) is 5.69 Å². The number of Topliss-reactive ketones (excluding diaryl/α,β-unsaturated/α-hetero) is 1. The van der Waals surface area contributed by atoms with Crippen LogP contribution in [0.3, 0.4) is 0 Å². The van der Waals surface area contributed by atoms with Crippen LogP contribution < -0.4 is 10.6 Å². The number of hydrogen-bond acceptors (Lipinski definition) is 7. The molecule has 0 fully saturated rings. The number of carbonyl (C=O) groups excluding carboxylic acids is 4. The number of hydrogen-bond donors (Lipinski definition) is 2. The average molecular weight is 457 g/mol. The van der Waals surface area contributed by atoms with Crippen LogP contribution in [0.1, 0.15) is 58.8 Å². The minimum absolute atomic E-state index is 0.0127. The monoisotopic (exact) mass is 456 g/mol. The van der Waals surface area contributed by atoms with E-state index >= 15 is 0 Å². The van der Waals surface area contributed by atoms with E-state index in [9.17, 15) is 19.2 Å². The first kappa shape index (κ1) is 27.4. The molecule has 2 aromatic heterocycles. The summed E-state index contributed by atoms with van der Waals surface area (Å²) in [6, 6.07) is 5.00. The maximum absolute atomic E-state index is 11.9. The van der Waals surface area contributed by atoms with Gasteiger partial charge in [0, 0.05) is 41.3 Å². The van der Waals surface area contributed by atoms with Crippen LogP contribution in [0.4, 0.5) is 11.4 Å². The predicted octanol–water partition coefficient (Wildman–Crippen LogP) is 3.88. The lowest BCUT2D eigenvalue weighted by molar-refractivity contribution is -0.137. The highest BCUT2D eigenvalue weighted by atomic mass is 16.5. The summed E-state index contributed by atoms with van der Waals surface area (Å²) in [7, 11) is 0. The summed E-state index contributed by atoms with van der Waals surface area (Å²) in [5, 5.41) is 5.42. The van der Waals surface area contributed by atoms with Gasteiger partial charge in [-0.2, -0.15) is 0 Å². The first-order chi connectivity index (χ1) is 15.3. The van der Waals surface area contributed by atoms with E-state index in [4.69, 9.17) is 0 Å². The molecule has 33 heavy (non-hydrogen) atoms. The SMILES string of the molecule is CC(C)(C)C(=O)Nc1ccncc1.CCOC(=O)C(=O)c1cnccc1NC(=O)C(C)(C)C. The Morgan fingerprint density at radius 2 is 1.33 bits per heavy atom. The molecule has 0 saturated heterocycles. The normalized spacial score (nSPS) is 10.9. The number of rotatable bonds is 5. The van der Waals surface area contributed by atoms with Gasteiger partial charge in [0.1, 0.15) is 0 Å². The molecule has 0 aromatic carbocycles. The van der Waals surface area contributed by atoms with E-state index < -0.39 is 17.2 Å². The highest BCUT2D eigenvalue weighted by Gasteiger charge is 2.26. The fourth-order valence-corrected chi connectivity index (χ4v) is 2.05. The quantitative estimate of drug-likeness (QED) is 0.397. The van der Waals surface area contributed by atoms with Gasteiger partial charge >= 0.3 is 5.97 Å². The van der Waals surface area contributed by atoms with E-state index in [1.54, 1.807) is 52.2 Å². The molecular formula is C24H32N4O5. The summed E-state index contributed by atoms with van der Waals surface area (Å²) in [6.45, 7) is 12.6. The lowest BCUT2D eigenvalue weighted by Gasteiger charge is -2.18. The van der Waals surface area contributed by atoms with Gasteiger partial charge in [0.05, 0.1) is 17.9 Å². The van der Waals surface area contributed by atoms with Crippen molar-refractivity contribution in [2.45, 2.75) is 48.5 Å². The number of aromatic nitrogens is 2. The van der Waals surface area contributed by atoms with E-state index in [1.165, 1.54) is 18.5 Å². The van der Waals surface area contributed by atoms with Crippen LogP contribution in [0.5, 0.6) is 0 Å². The van der Waals surface area contributed by atoms with Gasteiger partial charge in [-0.25, -0.2) is 4.79 Å². The van der Waals surface area contributed by atoms with E-state index in [-0.39, 0.29) is 35.1 Å². The Morgan fingerprint density at radius 1 is 0.818 bits per heavy atom. The predicted molar refractivity (Wildman–Crippen MR) is 126 cm³/mol. The summed E-state index contributed by atoms with van der Waals surface area (Å²) in [4.78, 5) is 54.5. The molecule has 2 amide bonds. The van der Waals surface area contributed by atoms with Crippen molar-refractivity contribution in [3.8, 4) is 0 Å². The van der Waals surface area contributed by atoms with E-state index in [2.05, 4.69) is 25.3 Å².